The normalized spacial score (nSPS) is 11.3. The number of aryl methyl sites for hydroxylation is 2. The molecule has 1 N–H and O–H groups in total. The van der Waals surface area contributed by atoms with Crippen molar-refractivity contribution in [1.29, 1.82) is 0 Å². The quantitative estimate of drug-likeness (QED) is 0.181. The molecule has 0 aliphatic carbocycles. The van der Waals surface area contributed by atoms with Crippen LogP contribution in [0.15, 0.2) is 18.2 Å². The zero-order valence-electron chi connectivity index (χ0n) is 21.2. The lowest BCUT2D eigenvalue weighted by Crippen LogP contribution is -1.93. The minimum Gasteiger partial charge on any atom is -0.507 e. The van der Waals surface area contributed by atoms with Crippen LogP contribution >= 0.6 is 0 Å². The molecule has 0 aromatic heterocycles. The van der Waals surface area contributed by atoms with Gasteiger partial charge in [0.1, 0.15) is 5.75 Å². The average Bonchev–Trinajstić information content (AvgIpc) is 2.78. The first-order chi connectivity index (χ1) is 15.3. The molecule has 0 amide bonds. The molecule has 1 heteroatoms. The molecule has 31 heavy (non-hydrogen) atoms. The van der Waals surface area contributed by atoms with Gasteiger partial charge in [-0.2, -0.15) is 0 Å². The predicted molar refractivity (Wildman–Crippen MR) is 139 cm³/mol. The van der Waals surface area contributed by atoms with Gasteiger partial charge in [0.25, 0.3) is 0 Å². The van der Waals surface area contributed by atoms with E-state index in [0.717, 1.165) is 12.8 Å². The molecule has 0 heterocycles. The van der Waals surface area contributed by atoms with E-state index in [1.54, 1.807) is 0 Å². The Bertz CT molecular complexity index is 465. The molecule has 1 rings (SSSR count). The molecule has 1 nitrogen and oxygen atoms in total. The third-order valence-electron chi connectivity index (χ3n) is 6.80. The second kappa shape index (κ2) is 20.9. The number of benzene rings is 1. The topological polar surface area (TPSA) is 20.2 Å². The van der Waals surface area contributed by atoms with Crippen LogP contribution < -0.4 is 0 Å². The molecule has 0 saturated carbocycles. The van der Waals surface area contributed by atoms with E-state index in [-0.39, 0.29) is 0 Å². The lowest BCUT2D eigenvalue weighted by atomic mass is 9.98. The number of phenols is 1. The largest absolute Gasteiger partial charge is 0.507 e. The lowest BCUT2D eigenvalue weighted by molar-refractivity contribution is 0.456. The zero-order chi connectivity index (χ0) is 22.4. The van der Waals surface area contributed by atoms with Gasteiger partial charge in [-0.05, 0) is 36.8 Å². The minimum atomic E-state index is 0.592. The second-order valence-corrected chi connectivity index (χ2v) is 9.79. The van der Waals surface area contributed by atoms with Crippen molar-refractivity contribution < 1.29 is 5.11 Å². The van der Waals surface area contributed by atoms with Crippen molar-refractivity contribution in [3.8, 4) is 5.75 Å². The predicted octanol–water partition coefficient (Wildman–Crippen LogP) is 10.3. The monoisotopic (exact) mass is 430 g/mol. The first-order valence-electron chi connectivity index (χ1n) is 14.1. The van der Waals surface area contributed by atoms with E-state index in [0.29, 0.717) is 5.75 Å². The summed E-state index contributed by atoms with van der Waals surface area (Å²) < 4.78 is 0. The van der Waals surface area contributed by atoms with Crippen LogP contribution in [0, 0.1) is 0 Å². The maximum atomic E-state index is 10.7. The second-order valence-electron chi connectivity index (χ2n) is 9.79. The number of aromatic hydroxyl groups is 1. The molecule has 0 bridgehead atoms. The van der Waals surface area contributed by atoms with Gasteiger partial charge in [-0.15, -0.1) is 0 Å². The Labute approximate surface area is 195 Å². The molecule has 0 spiro atoms. The van der Waals surface area contributed by atoms with Gasteiger partial charge in [-0.3, -0.25) is 0 Å². The summed E-state index contributed by atoms with van der Waals surface area (Å²) in [6.07, 6.45) is 29.4. The minimum absolute atomic E-state index is 0.592. The third kappa shape index (κ3) is 15.5. The molecule has 0 fully saturated rings. The van der Waals surface area contributed by atoms with E-state index in [1.807, 2.05) is 0 Å². The average molecular weight is 431 g/mol. The lowest BCUT2D eigenvalue weighted by Gasteiger charge is -2.10. The van der Waals surface area contributed by atoms with Gasteiger partial charge in [-0.25, -0.2) is 0 Å². The molecule has 0 aliphatic heterocycles. The highest BCUT2D eigenvalue weighted by Gasteiger charge is 2.07. The molecule has 0 atom stereocenters. The fraction of sp³-hybridized carbons (Fsp3) is 0.800. The Morgan fingerprint density at radius 1 is 0.452 bits per heavy atom. The van der Waals surface area contributed by atoms with Gasteiger partial charge in [0, 0.05) is 0 Å². The van der Waals surface area contributed by atoms with Gasteiger partial charge >= 0.3 is 0 Å². The maximum Gasteiger partial charge on any atom is 0.121 e. The van der Waals surface area contributed by atoms with Crippen molar-refractivity contribution in [1.82, 2.24) is 0 Å². The van der Waals surface area contributed by atoms with Crippen LogP contribution in [-0.2, 0) is 12.8 Å². The van der Waals surface area contributed by atoms with Crippen molar-refractivity contribution >= 4 is 0 Å². The number of phenolic OH excluding ortho intramolecular Hbond substituents is 1. The molecule has 0 aliphatic rings. The Morgan fingerprint density at radius 2 is 0.742 bits per heavy atom. The number of hydrogen-bond acceptors (Lipinski definition) is 1. The van der Waals surface area contributed by atoms with E-state index >= 15 is 0 Å². The molecule has 0 radical (unpaired) electrons. The van der Waals surface area contributed by atoms with Crippen LogP contribution in [0.3, 0.4) is 0 Å². The Kier molecular flexibility index (Phi) is 18.9. The van der Waals surface area contributed by atoms with Crippen molar-refractivity contribution in [3.05, 3.63) is 29.3 Å². The highest BCUT2D eigenvalue weighted by Crippen LogP contribution is 2.26. The fourth-order valence-electron chi connectivity index (χ4n) is 4.65. The van der Waals surface area contributed by atoms with Crippen molar-refractivity contribution in [2.24, 2.45) is 0 Å². The molecule has 1 aromatic rings. The number of unbranched alkanes of at least 4 members (excludes halogenated alkanes) is 18. The van der Waals surface area contributed by atoms with E-state index in [1.165, 1.54) is 140 Å². The molecule has 180 valence electrons. The van der Waals surface area contributed by atoms with Gasteiger partial charge in [0.05, 0.1) is 0 Å². The zero-order valence-corrected chi connectivity index (χ0v) is 21.2. The molecule has 1 aromatic carbocycles. The van der Waals surface area contributed by atoms with E-state index in [9.17, 15) is 5.11 Å². The Morgan fingerprint density at radius 3 is 1.06 bits per heavy atom. The molecular weight excluding hydrogens is 376 g/mol. The Hall–Kier alpha value is -0.980. The van der Waals surface area contributed by atoms with E-state index in [2.05, 4.69) is 32.0 Å². The fourth-order valence-corrected chi connectivity index (χ4v) is 4.65. The number of hydrogen-bond donors (Lipinski definition) is 1. The molecule has 0 saturated heterocycles. The SMILES string of the molecule is CCCCCCCCCCCCc1cccc(CCCCCCCCCCCC)c1O. The van der Waals surface area contributed by atoms with Crippen LogP contribution in [0.1, 0.15) is 153 Å². The van der Waals surface area contributed by atoms with Crippen LogP contribution in [-0.4, -0.2) is 5.11 Å². The summed E-state index contributed by atoms with van der Waals surface area (Å²) in [6, 6.07) is 6.41. The molecule has 0 unspecified atom stereocenters. The van der Waals surface area contributed by atoms with E-state index < -0.39 is 0 Å². The summed E-state index contributed by atoms with van der Waals surface area (Å²) in [5.41, 5.74) is 2.34. The first-order valence-corrected chi connectivity index (χ1v) is 14.1. The maximum absolute atomic E-state index is 10.7. The van der Waals surface area contributed by atoms with Crippen LogP contribution in [0.4, 0.5) is 0 Å². The van der Waals surface area contributed by atoms with Gasteiger partial charge in [-0.1, -0.05) is 148 Å². The Balaban J connectivity index is 2.07. The molecular formula is C30H54O. The van der Waals surface area contributed by atoms with Crippen LogP contribution in [0.5, 0.6) is 5.75 Å². The van der Waals surface area contributed by atoms with Crippen molar-refractivity contribution in [3.63, 3.8) is 0 Å². The van der Waals surface area contributed by atoms with E-state index in [4.69, 9.17) is 0 Å². The van der Waals surface area contributed by atoms with Crippen LogP contribution in [0.25, 0.3) is 0 Å². The standard InChI is InChI=1S/C30H54O/c1-3-5-7-9-11-13-15-17-19-21-24-28-26-23-27-29(30(28)31)25-22-20-18-16-14-12-10-8-6-4-2/h23,26-27,31H,3-22,24-25H2,1-2H3. The van der Waals surface area contributed by atoms with Gasteiger partial charge < -0.3 is 5.11 Å². The summed E-state index contributed by atoms with van der Waals surface area (Å²) in [5.74, 6) is 0.592. The van der Waals surface area contributed by atoms with Crippen molar-refractivity contribution in [2.45, 2.75) is 155 Å². The van der Waals surface area contributed by atoms with Gasteiger partial charge in [0.2, 0.25) is 0 Å². The first kappa shape index (κ1) is 28.1. The van der Waals surface area contributed by atoms with Crippen LogP contribution in [0.2, 0.25) is 0 Å². The summed E-state index contributed by atoms with van der Waals surface area (Å²) in [4.78, 5) is 0. The summed E-state index contributed by atoms with van der Waals surface area (Å²) in [6.45, 7) is 4.57. The highest BCUT2D eigenvalue weighted by atomic mass is 16.3. The van der Waals surface area contributed by atoms with Gasteiger partial charge in [0.15, 0.2) is 0 Å². The smallest absolute Gasteiger partial charge is 0.121 e. The summed E-state index contributed by atoms with van der Waals surface area (Å²) in [7, 11) is 0. The number of para-hydroxylation sites is 1. The third-order valence-corrected chi connectivity index (χ3v) is 6.80. The number of rotatable bonds is 22. The van der Waals surface area contributed by atoms with Crippen molar-refractivity contribution in [2.75, 3.05) is 0 Å². The summed E-state index contributed by atoms with van der Waals surface area (Å²) >= 11 is 0. The summed E-state index contributed by atoms with van der Waals surface area (Å²) in [5, 5.41) is 10.7. The highest BCUT2D eigenvalue weighted by molar-refractivity contribution is 5.40.